The van der Waals surface area contributed by atoms with Crippen LogP contribution in [0, 0.1) is 0 Å². The fourth-order valence-corrected chi connectivity index (χ4v) is 5.49. The molecule has 0 N–H and O–H groups in total. The Balaban J connectivity index is 0.000000774. The predicted octanol–water partition coefficient (Wildman–Crippen LogP) is 1.33. The number of rotatable bonds is 3. The summed E-state index contributed by atoms with van der Waals surface area (Å²) in [5.74, 6) is 2.19. The molecule has 0 nitrogen and oxygen atoms in total. The fraction of sp³-hybridized carbons (Fsp3) is 0.0526. The first-order chi connectivity index (χ1) is 10.4. The quantitative estimate of drug-likeness (QED) is 0.494. The van der Waals surface area contributed by atoms with E-state index in [-0.39, 0.29) is 0 Å². The Hall–Kier alpha value is -1.58. The zero-order valence-electron chi connectivity index (χ0n) is 12.7. The van der Waals surface area contributed by atoms with E-state index in [2.05, 4.69) is 96.8 Å². The van der Waals surface area contributed by atoms with Crippen molar-refractivity contribution in [1.82, 2.24) is 0 Å². The topological polar surface area (TPSA) is 0 Å². The summed E-state index contributed by atoms with van der Waals surface area (Å²) in [7, 11) is -1.31. The molecule has 3 aromatic rings. The summed E-state index contributed by atoms with van der Waals surface area (Å²) in [5, 5.41) is 4.42. The molecule has 0 fully saturated rings. The van der Waals surface area contributed by atoms with Gasteiger partial charge in [-0.1, -0.05) is 107 Å². The van der Waals surface area contributed by atoms with E-state index in [0.717, 1.165) is 16.5 Å². The van der Waals surface area contributed by atoms with Crippen LogP contribution in [-0.2, 0) is 0 Å². The molecular weight excluding hydrogens is 329 g/mol. The minimum Gasteiger partial charge on any atom is -0.0625 e. The second-order valence-corrected chi connectivity index (χ2v) is 7.53. The third kappa shape index (κ3) is 4.19. The van der Waals surface area contributed by atoms with E-state index < -0.39 is 8.80 Å². The van der Waals surface area contributed by atoms with Crippen LogP contribution in [-0.4, -0.2) is 25.3 Å². The van der Waals surface area contributed by atoms with Gasteiger partial charge in [0.05, 0.1) is 0 Å². The Bertz CT molecular complexity index is 530. The SMILES string of the molecule is [CH3][GeH3].c1ccc([SiH](c2ccccc2)c2ccccc2)cc1. The zero-order chi connectivity index (χ0) is 14.9. The maximum atomic E-state index is 2.26. The molecule has 0 amide bonds. The smallest absolute Gasteiger partial charge is 0.0625 e. The van der Waals surface area contributed by atoms with Crippen molar-refractivity contribution < 1.29 is 0 Å². The minimum absolute atomic E-state index is 1.06. The average Bonchev–Trinajstić information content (AvgIpc) is 2.60. The van der Waals surface area contributed by atoms with Gasteiger partial charge in [0.25, 0.3) is 0 Å². The van der Waals surface area contributed by atoms with E-state index in [4.69, 9.17) is 0 Å². The van der Waals surface area contributed by atoms with Crippen LogP contribution in [0.1, 0.15) is 0 Å². The Morgan fingerprint density at radius 1 is 0.476 bits per heavy atom. The second kappa shape index (κ2) is 8.65. The predicted molar refractivity (Wildman–Crippen MR) is 101 cm³/mol. The molecule has 0 aliphatic rings. The Morgan fingerprint density at radius 3 is 0.952 bits per heavy atom. The summed E-state index contributed by atoms with van der Waals surface area (Å²) in [6, 6.07) is 32.7. The third-order valence-electron chi connectivity index (χ3n) is 3.40. The fourth-order valence-electron chi connectivity index (χ4n) is 2.51. The molecule has 0 saturated heterocycles. The first-order valence-corrected chi connectivity index (χ1v) is 13.5. The maximum Gasteiger partial charge on any atom is 0.132 e. The monoisotopic (exact) mass is 352 g/mol. The van der Waals surface area contributed by atoms with Crippen LogP contribution in [0.3, 0.4) is 0 Å². The summed E-state index contributed by atoms with van der Waals surface area (Å²) in [6.07, 6.45) is 0. The summed E-state index contributed by atoms with van der Waals surface area (Å²) in [6.45, 7) is 0. The molecule has 0 saturated carbocycles. The molecule has 21 heavy (non-hydrogen) atoms. The van der Waals surface area contributed by atoms with Crippen LogP contribution in [0.5, 0.6) is 0 Å². The van der Waals surface area contributed by atoms with E-state index in [1.807, 2.05) is 0 Å². The molecule has 0 heterocycles. The Labute approximate surface area is 137 Å². The molecule has 0 radical (unpaired) electrons. The molecule has 2 heteroatoms. The Morgan fingerprint density at radius 2 is 0.714 bits per heavy atom. The van der Waals surface area contributed by atoms with Crippen molar-refractivity contribution in [2.24, 2.45) is 0 Å². The number of hydrogen-bond acceptors (Lipinski definition) is 0. The van der Waals surface area contributed by atoms with Gasteiger partial charge in [-0.15, -0.1) is 0 Å². The van der Waals surface area contributed by atoms with E-state index in [1.165, 1.54) is 15.6 Å². The first-order valence-electron chi connectivity index (χ1n) is 7.60. The maximum absolute atomic E-state index is 2.26. The normalized spacial score (nSPS) is 10.0. The van der Waals surface area contributed by atoms with Gasteiger partial charge >= 0.3 is 22.3 Å². The van der Waals surface area contributed by atoms with Gasteiger partial charge in [-0.25, -0.2) is 0 Å². The van der Waals surface area contributed by atoms with Crippen molar-refractivity contribution in [1.29, 1.82) is 0 Å². The summed E-state index contributed by atoms with van der Waals surface area (Å²) < 4.78 is 0. The molecule has 0 bridgehead atoms. The van der Waals surface area contributed by atoms with Crippen molar-refractivity contribution in [3.8, 4) is 0 Å². The summed E-state index contributed by atoms with van der Waals surface area (Å²) in [5.41, 5.74) is 0. The second-order valence-electron chi connectivity index (χ2n) is 4.67. The van der Waals surface area contributed by atoms with Crippen molar-refractivity contribution in [3.05, 3.63) is 91.0 Å². The van der Waals surface area contributed by atoms with Crippen molar-refractivity contribution in [2.45, 2.75) is 5.76 Å². The molecule has 0 unspecified atom stereocenters. The van der Waals surface area contributed by atoms with Crippen LogP contribution in [0.25, 0.3) is 0 Å². The Kier molecular flexibility index (Phi) is 6.51. The molecule has 0 spiro atoms. The largest absolute Gasteiger partial charge is 0.132 e. The van der Waals surface area contributed by atoms with Gasteiger partial charge in [0.2, 0.25) is 0 Å². The van der Waals surface area contributed by atoms with Crippen molar-refractivity contribution in [2.75, 3.05) is 0 Å². The van der Waals surface area contributed by atoms with Gasteiger partial charge in [0, 0.05) is 0 Å². The van der Waals surface area contributed by atoms with E-state index in [9.17, 15) is 0 Å². The molecule has 3 rings (SSSR count). The third-order valence-corrected chi connectivity index (χ3v) is 6.55. The molecule has 3 aromatic carbocycles. The van der Waals surface area contributed by atoms with Crippen molar-refractivity contribution >= 4 is 40.9 Å². The van der Waals surface area contributed by atoms with E-state index in [0.29, 0.717) is 0 Å². The van der Waals surface area contributed by atoms with E-state index >= 15 is 0 Å². The van der Waals surface area contributed by atoms with Gasteiger partial charge in [-0.2, -0.15) is 0 Å². The van der Waals surface area contributed by atoms with Gasteiger partial charge < -0.3 is 0 Å². The number of hydrogen-bond donors (Lipinski definition) is 0. The van der Waals surface area contributed by atoms with E-state index in [1.54, 1.807) is 0 Å². The first kappa shape index (κ1) is 15.8. The summed E-state index contributed by atoms with van der Waals surface area (Å²) >= 11 is 1.06. The molecule has 0 aliphatic heterocycles. The van der Waals surface area contributed by atoms with Crippen molar-refractivity contribution in [3.63, 3.8) is 0 Å². The van der Waals surface area contributed by atoms with Crippen LogP contribution >= 0.6 is 0 Å². The zero-order valence-corrected chi connectivity index (χ0v) is 18.1. The average molecular weight is 351 g/mol. The van der Waals surface area contributed by atoms with Gasteiger partial charge in [-0.3, -0.25) is 0 Å². The summed E-state index contributed by atoms with van der Waals surface area (Å²) in [4.78, 5) is 0. The number of benzene rings is 3. The van der Waals surface area contributed by atoms with Crippen LogP contribution in [0.2, 0.25) is 5.76 Å². The minimum atomic E-state index is -1.31. The van der Waals surface area contributed by atoms with Crippen LogP contribution < -0.4 is 15.6 Å². The molecule has 106 valence electrons. The molecule has 0 atom stereocenters. The van der Waals surface area contributed by atoms with Gasteiger partial charge in [0.1, 0.15) is 8.80 Å². The molecule has 0 aromatic heterocycles. The van der Waals surface area contributed by atoms with Gasteiger partial charge in [-0.05, 0) is 0 Å². The van der Waals surface area contributed by atoms with Crippen LogP contribution in [0.15, 0.2) is 91.0 Å². The standard InChI is InChI=1S/C18H16Si.CH6Ge/c1-4-10-16(11-5-1)19(17-12-6-2-7-13-17)18-14-8-3-9-15-18;1-2/h1-15,19H;1-2H3. The van der Waals surface area contributed by atoms with Gasteiger partial charge in [0.15, 0.2) is 0 Å². The molecule has 0 aliphatic carbocycles. The molecular formula is C19H22GeSi. The van der Waals surface area contributed by atoms with Crippen LogP contribution in [0.4, 0.5) is 0 Å².